The minimum atomic E-state index is -0.795. The van der Waals surface area contributed by atoms with Crippen LogP contribution in [-0.2, 0) is 0 Å². The first kappa shape index (κ1) is 21.6. The van der Waals surface area contributed by atoms with Crippen LogP contribution in [0.4, 0.5) is 8.78 Å². The predicted molar refractivity (Wildman–Crippen MR) is 112 cm³/mol. The highest BCUT2D eigenvalue weighted by Crippen LogP contribution is 2.44. The van der Waals surface area contributed by atoms with Crippen LogP contribution >= 0.6 is 0 Å². The van der Waals surface area contributed by atoms with Gasteiger partial charge in [-0.05, 0) is 80.2 Å². The van der Waals surface area contributed by atoms with Crippen molar-refractivity contribution in [2.75, 3.05) is 6.61 Å². The molecule has 0 heterocycles. The average Bonchev–Trinajstić information content (AvgIpc) is 2.72. The second-order valence-corrected chi connectivity index (χ2v) is 9.32. The molecule has 0 unspecified atom stereocenters. The van der Waals surface area contributed by atoms with Crippen molar-refractivity contribution in [3.8, 4) is 5.75 Å². The van der Waals surface area contributed by atoms with Gasteiger partial charge >= 0.3 is 0 Å². The molecule has 0 aromatic heterocycles. The van der Waals surface area contributed by atoms with Crippen molar-refractivity contribution in [1.29, 1.82) is 0 Å². The molecule has 1 aromatic carbocycles. The fourth-order valence-corrected chi connectivity index (χ4v) is 5.34. The number of halogens is 2. The third-order valence-corrected chi connectivity index (χ3v) is 7.27. The van der Waals surface area contributed by atoms with Gasteiger partial charge in [0.15, 0.2) is 11.6 Å². The Morgan fingerprint density at radius 1 is 0.821 bits per heavy atom. The summed E-state index contributed by atoms with van der Waals surface area (Å²) < 4.78 is 34.7. The normalized spacial score (nSPS) is 28.3. The molecule has 0 bridgehead atoms. The Hall–Kier alpha value is -1.12. The summed E-state index contributed by atoms with van der Waals surface area (Å²) in [6.45, 7) is 4.97. The number of ether oxygens (including phenoxy) is 1. The molecule has 0 saturated heterocycles. The highest BCUT2D eigenvalue weighted by molar-refractivity contribution is 5.33. The van der Waals surface area contributed by atoms with E-state index in [0.717, 1.165) is 56.3 Å². The summed E-state index contributed by atoms with van der Waals surface area (Å²) in [6, 6.07) is 3.41. The van der Waals surface area contributed by atoms with Gasteiger partial charge in [0, 0.05) is 0 Å². The number of unbranched alkanes of at least 4 members (excludes halogenated alkanes) is 3. The SMILES string of the molecule is CCCCCCOc1ccc(C2CCC(C3CCC(C)CC3)CC2)c(F)c1F. The molecule has 1 aromatic rings. The molecule has 0 amide bonds. The first-order valence-electron chi connectivity index (χ1n) is 11.7. The van der Waals surface area contributed by atoms with E-state index in [1.165, 1.54) is 38.5 Å². The van der Waals surface area contributed by atoms with E-state index in [1.807, 2.05) is 0 Å². The lowest BCUT2D eigenvalue weighted by molar-refractivity contribution is 0.164. The molecule has 0 spiro atoms. The van der Waals surface area contributed by atoms with Crippen LogP contribution in [0.2, 0.25) is 0 Å². The Morgan fingerprint density at radius 2 is 1.46 bits per heavy atom. The molecule has 0 atom stereocenters. The summed E-state index contributed by atoms with van der Waals surface area (Å²) in [5.74, 6) is 1.30. The first-order valence-corrected chi connectivity index (χ1v) is 11.7. The van der Waals surface area contributed by atoms with Crippen molar-refractivity contribution in [3.05, 3.63) is 29.3 Å². The van der Waals surface area contributed by atoms with E-state index in [9.17, 15) is 8.78 Å². The Labute approximate surface area is 170 Å². The molecule has 2 aliphatic carbocycles. The lowest BCUT2D eigenvalue weighted by Gasteiger charge is -2.37. The zero-order chi connectivity index (χ0) is 19.9. The molecule has 0 aliphatic heterocycles. The van der Waals surface area contributed by atoms with Crippen LogP contribution in [0.3, 0.4) is 0 Å². The summed E-state index contributed by atoms with van der Waals surface area (Å²) >= 11 is 0. The topological polar surface area (TPSA) is 9.23 Å². The minimum Gasteiger partial charge on any atom is -0.490 e. The van der Waals surface area contributed by atoms with Gasteiger partial charge in [-0.2, -0.15) is 4.39 Å². The van der Waals surface area contributed by atoms with Crippen LogP contribution in [0, 0.1) is 29.4 Å². The van der Waals surface area contributed by atoms with Gasteiger partial charge < -0.3 is 4.74 Å². The average molecular weight is 393 g/mol. The van der Waals surface area contributed by atoms with Crippen molar-refractivity contribution in [2.45, 2.75) is 96.8 Å². The van der Waals surface area contributed by atoms with Crippen LogP contribution < -0.4 is 4.74 Å². The van der Waals surface area contributed by atoms with E-state index in [2.05, 4.69) is 13.8 Å². The lowest BCUT2D eigenvalue weighted by Crippen LogP contribution is -2.25. The maximum absolute atomic E-state index is 14.7. The van der Waals surface area contributed by atoms with E-state index in [0.29, 0.717) is 12.2 Å². The Bertz CT molecular complexity index is 599. The van der Waals surface area contributed by atoms with E-state index in [4.69, 9.17) is 4.74 Å². The summed E-state index contributed by atoms with van der Waals surface area (Å²) in [4.78, 5) is 0. The van der Waals surface area contributed by atoms with Gasteiger partial charge in [0.2, 0.25) is 5.82 Å². The Morgan fingerprint density at radius 3 is 2.11 bits per heavy atom. The fraction of sp³-hybridized carbons (Fsp3) is 0.760. The maximum atomic E-state index is 14.7. The van der Waals surface area contributed by atoms with Crippen molar-refractivity contribution < 1.29 is 13.5 Å². The summed E-state index contributed by atoms with van der Waals surface area (Å²) in [6.07, 6.45) is 14.0. The monoisotopic (exact) mass is 392 g/mol. The van der Waals surface area contributed by atoms with Gasteiger partial charge in [-0.25, -0.2) is 4.39 Å². The quantitative estimate of drug-likeness (QED) is 0.407. The van der Waals surface area contributed by atoms with Crippen molar-refractivity contribution in [3.63, 3.8) is 0 Å². The first-order chi connectivity index (χ1) is 13.6. The smallest absolute Gasteiger partial charge is 0.200 e. The van der Waals surface area contributed by atoms with Crippen LogP contribution in [0.25, 0.3) is 0 Å². The molecule has 3 heteroatoms. The van der Waals surface area contributed by atoms with E-state index >= 15 is 0 Å². The summed E-state index contributed by atoms with van der Waals surface area (Å²) in [7, 11) is 0. The molecule has 1 nitrogen and oxygen atoms in total. The van der Waals surface area contributed by atoms with Gasteiger partial charge in [0.1, 0.15) is 0 Å². The van der Waals surface area contributed by atoms with Crippen molar-refractivity contribution in [2.24, 2.45) is 17.8 Å². The molecule has 28 heavy (non-hydrogen) atoms. The molecular weight excluding hydrogens is 354 g/mol. The Kier molecular flexibility index (Phi) is 8.17. The number of hydrogen-bond acceptors (Lipinski definition) is 1. The lowest BCUT2D eigenvalue weighted by atomic mass is 9.68. The molecule has 0 radical (unpaired) electrons. The van der Waals surface area contributed by atoms with E-state index < -0.39 is 11.6 Å². The third-order valence-electron chi connectivity index (χ3n) is 7.27. The zero-order valence-corrected chi connectivity index (χ0v) is 17.8. The molecule has 0 N–H and O–H groups in total. The van der Waals surface area contributed by atoms with Crippen LogP contribution in [-0.4, -0.2) is 6.61 Å². The van der Waals surface area contributed by atoms with Gasteiger partial charge in [-0.15, -0.1) is 0 Å². The third kappa shape index (κ3) is 5.48. The fourth-order valence-electron chi connectivity index (χ4n) is 5.34. The van der Waals surface area contributed by atoms with Gasteiger partial charge in [-0.1, -0.05) is 52.0 Å². The Balaban J connectivity index is 1.52. The highest BCUT2D eigenvalue weighted by Gasteiger charge is 2.32. The number of benzene rings is 1. The standard InChI is InChI=1S/C25H38F2O/c1-3-4-5-6-17-28-23-16-15-22(24(26)25(23)27)21-13-11-20(12-14-21)19-9-7-18(2)8-10-19/h15-16,18-21H,3-14,17H2,1-2H3. The maximum Gasteiger partial charge on any atom is 0.200 e. The molecule has 2 fully saturated rings. The van der Waals surface area contributed by atoms with Crippen molar-refractivity contribution in [1.82, 2.24) is 0 Å². The molecule has 2 aliphatic rings. The number of hydrogen-bond donors (Lipinski definition) is 0. The van der Waals surface area contributed by atoms with Gasteiger partial charge in [0.05, 0.1) is 6.61 Å². The minimum absolute atomic E-state index is 0.0720. The molecular formula is C25H38F2O. The zero-order valence-electron chi connectivity index (χ0n) is 17.8. The largest absolute Gasteiger partial charge is 0.490 e. The van der Waals surface area contributed by atoms with E-state index in [-0.39, 0.29) is 11.7 Å². The second kappa shape index (κ2) is 10.6. The molecule has 3 rings (SSSR count). The van der Waals surface area contributed by atoms with Crippen molar-refractivity contribution >= 4 is 0 Å². The second-order valence-electron chi connectivity index (χ2n) is 9.32. The summed E-state index contributed by atoms with van der Waals surface area (Å²) in [5.41, 5.74) is 0.562. The molecule has 158 valence electrons. The van der Waals surface area contributed by atoms with E-state index in [1.54, 1.807) is 12.1 Å². The van der Waals surface area contributed by atoms with Gasteiger partial charge in [-0.3, -0.25) is 0 Å². The van der Waals surface area contributed by atoms with Gasteiger partial charge in [0.25, 0.3) is 0 Å². The highest BCUT2D eigenvalue weighted by atomic mass is 19.2. The van der Waals surface area contributed by atoms with Crippen LogP contribution in [0.1, 0.15) is 102 Å². The van der Waals surface area contributed by atoms with Crippen LogP contribution in [0.5, 0.6) is 5.75 Å². The van der Waals surface area contributed by atoms with Crippen LogP contribution in [0.15, 0.2) is 12.1 Å². The number of rotatable bonds is 8. The predicted octanol–water partition coefficient (Wildman–Crippen LogP) is 8.02. The molecule has 2 saturated carbocycles. The summed E-state index contributed by atoms with van der Waals surface area (Å²) in [5, 5.41) is 0.